The molecule has 0 aliphatic carbocycles. The monoisotopic (exact) mass is 278 g/mol. The molecule has 0 aliphatic rings. The maximum Gasteiger partial charge on any atom is 0.337 e. The van der Waals surface area contributed by atoms with Crippen LogP contribution in [0.3, 0.4) is 0 Å². The maximum atomic E-state index is 11.6. The first kappa shape index (κ1) is 14.5. The molecule has 1 aromatic heterocycles. The van der Waals surface area contributed by atoms with Crippen molar-refractivity contribution >= 4 is 24.7 Å². The smallest absolute Gasteiger partial charge is 0.337 e. The van der Waals surface area contributed by atoms with Crippen LogP contribution in [0, 0.1) is 0 Å². The molecule has 0 unspecified atom stereocenters. The lowest BCUT2D eigenvalue weighted by Gasteiger charge is -2.12. The van der Waals surface area contributed by atoms with Crippen LogP contribution < -0.4 is 0 Å². The summed E-state index contributed by atoms with van der Waals surface area (Å²) in [5.74, 6) is -0.298. The number of ketones is 1. The van der Waals surface area contributed by atoms with E-state index >= 15 is 0 Å². The third kappa shape index (κ3) is 5.10. The highest BCUT2D eigenvalue weighted by molar-refractivity contribution is 7.54. The fourth-order valence-corrected chi connectivity index (χ4v) is 2.70. The second-order valence-electron chi connectivity index (χ2n) is 3.25. The Bertz CT molecular complexity index is 381. The van der Waals surface area contributed by atoms with Gasteiger partial charge in [0, 0.05) is 19.1 Å². The van der Waals surface area contributed by atoms with Crippen molar-refractivity contribution in [2.45, 2.75) is 6.61 Å². The van der Waals surface area contributed by atoms with Crippen molar-refractivity contribution < 1.29 is 23.1 Å². The van der Waals surface area contributed by atoms with Crippen molar-refractivity contribution in [3.8, 4) is 0 Å². The summed E-state index contributed by atoms with van der Waals surface area (Å²) >= 11 is 1.56. The number of carbonyl (C=O) groups excluding carboxylic acids is 1. The lowest BCUT2D eigenvalue weighted by molar-refractivity contribution is -0.121. The van der Waals surface area contributed by atoms with Gasteiger partial charge in [-0.15, -0.1) is 11.3 Å². The molecule has 0 spiro atoms. The fraction of sp³-hybridized carbons (Fsp3) is 0.500. The zero-order valence-corrected chi connectivity index (χ0v) is 11.5. The second kappa shape index (κ2) is 7.03. The highest BCUT2D eigenvalue weighted by atomic mass is 32.1. The number of carbonyl (C=O) groups is 1. The summed E-state index contributed by atoms with van der Waals surface area (Å²) in [5, 5.41) is 1.94. The van der Waals surface area contributed by atoms with Crippen LogP contribution in [0.25, 0.3) is 0 Å². The minimum absolute atomic E-state index is 0.0887. The summed E-state index contributed by atoms with van der Waals surface area (Å²) in [5.41, 5.74) is 0. The minimum atomic E-state index is -3.26. The first-order valence-corrected chi connectivity index (χ1v) is 7.53. The molecule has 0 N–H and O–H groups in total. The van der Waals surface area contributed by atoms with Crippen molar-refractivity contribution in [2.24, 2.45) is 0 Å². The van der Waals surface area contributed by atoms with Gasteiger partial charge in [0.15, 0.2) is 5.78 Å². The predicted molar refractivity (Wildman–Crippen MR) is 65.5 cm³/mol. The van der Waals surface area contributed by atoms with Gasteiger partial charge in [0.1, 0.15) is 12.8 Å². The maximum absolute atomic E-state index is 11.6. The van der Waals surface area contributed by atoms with E-state index < -0.39 is 7.60 Å². The van der Waals surface area contributed by atoms with E-state index in [4.69, 9.17) is 4.74 Å². The number of ether oxygens (including phenoxy) is 1. The van der Waals surface area contributed by atoms with Gasteiger partial charge in [-0.05, 0) is 11.4 Å². The Morgan fingerprint density at radius 1 is 1.41 bits per heavy atom. The molecule has 0 saturated carbocycles. The average Bonchev–Trinajstić information content (AvgIpc) is 2.82. The van der Waals surface area contributed by atoms with Crippen LogP contribution in [-0.4, -0.2) is 32.8 Å². The quantitative estimate of drug-likeness (QED) is 0.683. The van der Waals surface area contributed by atoms with Gasteiger partial charge in [-0.2, -0.15) is 0 Å². The third-order valence-corrected chi connectivity index (χ3v) is 4.72. The molecule has 0 bridgehead atoms. The van der Waals surface area contributed by atoms with Crippen LogP contribution in [0.1, 0.15) is 4.88 Å². The molecule has 0 atom stereocenters. The van der Waals surface area contributed by atoms with E-state index in [0.29, 0.717) is 6.61 Å². The minimum Gasteiger partial charge on any atom is -0.368 e. The Morgan fingerprint density at radius 2 is 2.12 bits per heavy atom. The van der Waals surface area contributed by atoms with Crippen LogP contribution in [-0.2, 0) is 29.8 Å². The summed E-state index contributed by atoms with van der Waals surface area (Å²) in [6.45, 7) is 0.294. The molecule has 17 heavy (non-hydrogen) atoms. The number of thiophene rings is 1. The van der Waals surface area contributed by atoms with Crippen molar-refractivity contribution in [1.82, 2.24) is 0 Å². The highest BCUT2D eigenvalue weighted by Crippen LogP contribution is 2.45. The molecule has 0 saturated heterocycles. The molecule has 0 aliphatic heterocycles. The van der Waals surface area contributed by atoms with Gasteiger partial charge < -0.3 is 13.8 Å². The van der Waals surface area contributed by atoms with E-state index in [1.54, 1.807) is 11.3 Å². The molecule has 0 fully saturated rings. The highest BCUT2D eigenvalue weighted by Gasteiger charge is 2.25. The van der Waals surface area contributed by atoms with E-state index in [9.17, 15) is 9.36 Å². The molecule has 0 amide bonds. The molecule has 96 valence electrons. The average molecular weight is 278 g/mol. The van der Waals surface area contributed by atoms with Crippen LogP contribution in [0.2, 0.25) is 0 Å². The van der Waals surface area contributed by atoms with Gasteiger partial charge in [0.05, 0.1) is 6.61 Å². The summed E-state index contributed by atoms with van der Waals surface area (Å²) in [4.78, 5) is 12.5. The molecular weight excluding hydrogens is 263 g/mol. The summed E-state index contributed by atoms with van der Waals surface area (Å²) in [6.07, 6.45) is -0.259. The Hall–Kier alpha value is -0.520. The van der Waals surface area contributed by atoms with E-state index in [-0.39, 0.29) is 18.6 Å². The zero-order valence-electron chi connectivity index (χ0n) is 9.75. The number of hydrogen-bond donors (Lipinski definition) is 0. The SMILES string of the molecule is COP(=O)(CC(=O)COCc1cccs1)OC. The molecule has 0 aromatic carbocycles. The van der Waals surface area contributed by atoms with Gasteiger partial charge in [0.25, 0.3) is 0 Å². The van der Waals surface area contributed by atoms with E-state index in [1.165, 1.54) is 14.2 Å². The van der Waals surface area contributed by atoms with Crippen LogP contribution in [0.15, 0.2) is 17.5 Å². The van der Waals surface area contributed by atoms with Crippen molar-refractivity contribution in [3.05, 3.63) is 22.4 Å². The summed E-state index contributed by atoms with van der Waals surface area (Å²) < 4.78 is 26.2. The Balaban J connectivity index is 2.28. The predicted octanol–water partition coefficient (Wildman–Crippen LogP) is 2.32. The van der Waals surface area contributed by atoms with E-state index in [2.05, 4.69) is 9.05 Å². The molecule has 7 heteroatoms. The zero-order chi connectivity index (χ0) is 12.7. The second-order valence-corrected chi connectivity index (χ2v) is 6.55. The standard InChI is InChI=1S/C10H15O5PS/c1-13-16(12,14-2)8-9(11)6-15-7-10-4-3-5-17-10/h3-5H,6-8H2,1-2H3. The van der Waals surface area contributed by atoms with Crippen molar-refractivity contribution in [1.29, 1.82) is 0 Å². The van der Waals surface area contributed by atoms with Crippen molar-refractivity contribution in [2.75, 3.05) is 27.0 Å². The number of rotatable bonds is 8. The first-order valence-electron chi connectivity index (χ1n) is 4.92. The number of hydrogen-bond acceptors (Lipinski definition) is 6. The topological polar surface area (TPSA) is 61.8 Å². The lowest BCUT2D eigenvalue weighted by atomic mass is 10.5. The number of Topliss-reactive ketones (excluding diaryl/α,β-unsaturated/α-hetero) is 1. The van der Waals surface area contributed by atoms with Crippen molar-refractivity contribution in [3.63, 3.8) is 0 Å². The Morgan fingerprint density at radius 3 is 2.65 bits per heavy atom. The molecule has 1 aromatic rings. The fourth-order valence-electron chi connectivity index (χ4n) is 1.13. The largest absolute Gasteiger partial charge is 0.368 e. The van der Waals surface area contributed by atoms with Gasteiger partial charge in [-0.3, -0.25) is 9.36 Å². The summed E-state index contributed by atoms with van der Waals surface area (Å²) in [7, 11) is -0.756. The van der Waals surface area contributed by atoms with Crippen LogP contribution in [0.4, 0.5) is 0 Å². The Labute approximate surface area is 104 Å². The molecule has 0 radical (unpaired) electrons. The Kier molecular flexibility index (Phi) is 6.02. The molecule has 1 heterocycles. The molecule has 5 nitrogen and oxygen atoms in total. The molecule has 1 rings (SSSR count). The van der Waals surface area contributed by atoms with Crippen LogP contribution >= 0.6 is 18.9 Å². The third-order valence-electron chi connectivity index (χ3n) is 2.01. The van der Waals surface area contributed by atoms with E-state index in [1.807, 2.05) is 17.5 Å². The van der Waals surface area contributed by atoms with Gasteiger partial charge >= 0.3 is 7.60 Å². The van der Waals surface area contributed by atoms with Gasteiger partial charge in [-0.1, -0.05) is 6.07 Å². The van der Waals surface area contributed by atoms with Gasteiger partial charge in [0.2, 0.25) is 0 Å². The molecular formula is C10H15O5PS. The normalized spacial score (nSPS) is 11.6. The lowest BCUT2D eigenvalue weighted by Crippen LogP contribution is -2.14. The summed E-state index contributed by atoms with van der Waals surface area (Å²) in [6, 6.07) is 3.83. The van der Waals surface area contributed by atoms with E-state index in [0.717, 1.165) is 4.88 Å². The first-order chi connectivity index (χ1) is 8.09. The van der Waals surface area contributed by atoms with Gasteiger partial charge in [-0.25, -0.2) is 0 Å². The van der Waals surface area contributed by atoms with Crippen LogP contribution in [0.5, 0.6) is 0 Å².